The van der Waals surface area contributed by atoms with Crippen LogP contribution in [0.5, 0.6) is 0 Å². The number of thiazole rings is 1. The van der Waals surface area contributed by atoms with Gasteiger partial charge in [0.2, 0.25) is 0 Å². The van der Waals surface area contributed by atoms with Gasteiger partial charge >= 0.3 is 0 Å². The van der Waals surface area contributed by atoms with Gasteiger partial charge in [-0.05, 0) is 32.9 Å². The molecule has 1 aliphatic rings. The maximum Gasteiger partial charge on any atom is 0.185 e. The smallest absolute Gasteiger partial charge is 0.185 e. The van der Waals surface area contributed by atoms with Crippen LogP contribution >= 0.6 is 11.3 Å². The lowest BCUT2D eigenvalue weighted by Gasteiger charge is -2.12. The van der Waals surface area contributed by atoms with Gasteiger partial charge in [-0.2, -0.15) is 5.10 Å². The second-order valence-corrected chi connectivity index (χ2v) is 5.84. The second-order valence-electron chi connectivity index (χ2n) is 5.00. The third-order valence-electron chi connectivity index (χ3n) is 3.12. The Balaban J connectivity index is 2.31. The summed E-state index contributed by atoms with van der Waals surface area (Å²) in [4.78, 5) is 6.58. The highest BCUT2D eigenvalue weighted by Gasteiger charge is 2.10. The van der Waals surface area contributed by atoms with Crippen molar-refractivity contribution in [3.8, 4) is 0 Å². The minimum Gasteiger partial charge on any atom is -0.354 e. The van der Waals surface area contributed by atoms with E-state index in [1.54, 1.807) is 11.3 Å². The number of hydrogen-bond acceptors (Lipinski definition) is 6. The molecule has 5 nitrogen and oxygen atoms in total. The van der Waals surface area contributed by atoms with Crippen LogP contribution in [-0.4, -0.2) is 43.1 Å². The van der Waals surface area contributed by atoms with Gasteiger partial charge in [0.1, 0.15) is 11.4 Å². The first-order chi connectivity index (χ1) is 9.58. The van der Waals surface area contributed by atoms with Crippen LogP contribution < -0.4 is 10.2 Å². The van der Waals surface area contributed by atoms with Gasteiger partial charge in [-0.1, -0.05) is 6.08 Å². The van der Waals surface area contributed by atoms with E-state index in [1.807, 2.05) is 37.4 Å². The van der Waals surface area contributed by atoms with Crippen LogP contribution in [0.2, 0.25) is 0 Å². The summed E-state index contributed by atoms with van der Waals surface area (Å²) in [6, 6.07) is 0.249. The number of anilines is 1. The molecule has 1 aromatic heterocycles. The first-order valence-corrected chi connectivity index (χ1v) is 7.61. The Kier molecular flexibility index (Phi) is 5.03. The summed E-state index contributed by atoms with van der Waals surface area (Å²) in [5.74, 6) is 0. The molecule has 1 atom stereocenters. The molecule has 0 bridgehead atoms. The normalized spacial score (nSPS) is 20.3. The average Bonchev–Trinajstić information content (AvgIpc) is 2.90. The molecule has 2 rings (SSSR count). The Bertz CT molecular complexity index is 542. The van der Waals surface area contributed by atoms with E-state index in [-0.39, 0.29) is 6.04 Å². The lowest BCUT2D eigenvalue weighted by molar-refractivity contribution is 0.658. The van der Waals surface area contributed by atoms with Gasteiger partial charge in [0.15, 0.2) is 5.13 Å². The van der Waals surface area contributed by atoms with Crippen LogP contribution in [0.15, 0.2) is 27.7 Å². The van der Waals surface area contributed by atoms with Crippen molar-refractivity contribution in [2.75, 3.05) is 25.5 Å². The maximum absolute atomic E-state index is 4.58. The van der Waals surface area contributed by atoms with Gasteiger partial charge in [0.05, 0.1) is 5.71 Å². The molecule has 0 amide bonds. The van der Waals surface area contributed by atoms with Gasteiger partial charge < -0.3 is 10.2 Å². The molecule has 0 saturated carbocycles. The zero-order chi connectivity index (χ0) is 14.5. The Morgan fingerprint density at radius 2 is 2.15 bits per heavy atom. The Hall–Kier alpha value is -1.53. The van der Waals surface area contributed by atoms with Crippen molar-refractivity contribution < 1.29 is 0 Å². The van der Waals surface area contributed by atoms with Crippen molar-refractivity contribution in [3.05, 3.63) is 23.2 Å². The van der Waals surface area contributed by atoms with E-state index < -0.39 is 0 Å². The Morgan fingerprint density at radius 1 is 1.35 bits per heavy atom. The highest BCUT2D eigenvalue weighted by Crippen LogP contribution is 2.19. The van der Waals surface area contributed by atoms with Gasteiger partial charge in [-0.15, -0.1) is 16.4 Å². The summed E-state index contributed by atoms with van der Waals surface area (Å²) in [5.41, 5.74) is 2.69. The molecule has 20 heavy (non-hydrogen) atoms. The number of allylic oxidation sites excluding steroid dienone is 1. The maximum atomic E-state index is 4.58. The topological polar surface area (TPSA) is 52.9 Å². The third kappa shape index (κ3) is 3.74. The summed E-state index contributed by atoms with van der Waals surface area (Å²) in [5, 5.41) is 15.1. The molecule has 2 heterocycles. The fourth-order valence-electron chi connectivity index (χ4n) is 1.70. The zero-order valence-corrected chi connectivity index (χ0v) is 13.2. The standard InChI is InChI=1S/C14H21N5S/c1-10-11(2)17-18-12(7-5-6-8-15-10)13-9-20-14(16-13)19(3)4/h5,7,9-10,15H,6,8H2,1-4H3. The fraction of sp³-hybridized carbons (Fsp3) is 0.500. The summed E-state index contributed by atoms with van der Waals surface area (Å²) in [6.07, 6.45) is 5.09. The van der Waals surface area contributed by atoms with Crippen LogP contribution in [0.3, 0.4) is 0 Å². The summed E-state index contributed by atoms with van der Waals surface area (Å²) >= 11 is 1.61. The zero-order valence-electron chi connectivity index (χ0n) is 12.4. The van der Waals surface area contributed by atoms with Crippen LogP contribution in [-0.2, 0) is 0 Å². The molecule has 1 aliphatic heterocycles. The third-order valence-corrected chi connectivity index (χ3v) is 4.12. The molecule has 1 N–H and O–H groups in total. The number of rotatable bonds is 2. The molecule has 0 saturated heterocycles. The van der Waals surface area contributed by atoms with E-state index in [2.05, 4.69) is 33.5 Å². The van der Waals surface area contributed by atoms with Crippen molar-refractivity contribution >= 4 is 27.9 Å². The van der Waals surface area contributed by atoms with E-state index in [9.17, 15) is 0 Å². The van der Waals surface area contributed by atoms with Crippen LogP contribution in [0.1, 0.15) is 26.0 Å². The van der Waals surface area contributed by atoms with E-state index in [1.165, 1.54) is 0 Å². The van der Waals surface area contributed by atoms with Crippen LogP contribution in [0.25, 0.3) is 0 Å². The van der Waals surface area contributed by atoms with Crippen molar-refractivity contribution in [1.29, 1.82) is 0 Å². The Morgan fingerprint density at radius 3 is 2.85 bits per heavy atom. The first kappa shape index (κ1) is 14.9. The van der Waals surface area contributed by atoms with Gasteiger partial charge in [-0.25, -0.2) is 4.98 Å². The molecule has 108 valence electrons. The number of nitrogens with one attached hydrogen (secondary N) is 1. The van der Waals surface area contributed by atoms with Crippen molar-refractivity contribution in [2.45, 2.75) is 26.3 Å². The van der Waals surface area contributed by atoms with Crippen molar-refractivity contribution in [2.24, 2.45) is 10.2 Å². The summed E-state index contributed by atoms with van der Waals surface area (Å²) in [7, 11) is 3.98. The highest BCUT2D eigenvalue weighted by atomic mass is 32.1. The Labute approximate surface area is 124 Å². The van der Waals surface area contributed by atoms with Crippen molar-refractivity contribution in [1.82, 2.24) is 10.3 Å². The largest absolute Gasteiger partial charge is 0.354 e. The molecule has 0 aliphatic carbocycles. The van der Waals surface area contributed by atoms with E-state index >= 15 is 0 Å². The highest BCUT2D eigenvalue weighted by molar-refractivity contribution is 7.13. The molecular weight excluding hydrogens is 270 g/mol. The predicted octanol–water partition coefficient (Wildman–Crippen LogP) is 2.31. The van der Waals surface area contributed by atoms with Crippen molar-refractivity contribution in [3.63, 3.8) is 0 Å². The van der Waals surface area contributed by atoms with Gasteiger partial charge in [0, 0.05) is 25.5 Å². The molecule has 1 unspecified atom stereocenters. The summed E-state index contributed by atoms with van der Waals surface area (Å²) in [6.45, 7) is 5.04. The monoisotopic (exact) mass is 291 g/mol. The predicted molar refractivity (Wildman–Crippen MR) is 87.3 cm³/mol. The first-order valence-electron chi connectivity index (χ1n) is 6.73. The molecule has 0 radical (unpaired) electrons. The SMILES string of the molecule is CC1=NN=C(c2csc(N(C)C)n2)C=CCCNC1C. The number of hydrogen-bond donors (Lipinski definition) is 1. The van der Waals surface area contributed by atoms with Crippen LogP contribution in [0, 0.1) is 0 Å². The quantitative estimate of drug-likeness (QED) is 0.909. The molecule has 1 aromatic rings. The minimum absolute atomic E-state index is 0.249. The lowest BCUT2D eigenvalue weighted by Crippen LogP contribution is -2.33. The number of nitrogens with zero attached hydrogens (tertiary/aromatic N) is 4. The minimum atomic E-state index is 0.249. The fourth-order valence-corrected chi connectivity index (χ4v) is 2.45. The van der Waals surface area contributed by atoms with E-state index in [4.69, 9.17) is 0 Å². The summed E-state index contributed by atoms with van der Waals surface area (Å²) < 4.78 is 0. The molecular formula is C14H21N5S. The molecule has 6 heteroatoms. The number of aromatic nitrogens is 1. The molecule has 0 aromatic carbocycles. The molecule has 0 fully saturated rings. The average molecular weight is 291 g/mol. The second kappa shape index (κ2) is 6.76. The van der Waals surface area contributed by atoms with Gasteiger partial charge in [-0.3, -0.25) is 0 Å². The van der Waals surface area contributed by atoms with E-state index in [0.29, 0.717) is 0 Å². The van der Waals surface area contributed by atoms with E-state index in [0.717, 1.165) is 35.2 Å². The van der Waals surface area contributed by atoms with Gasteiger partial charge in [0.25, 0.3) is 0 Å². The van der Waals surface area contributed by atoms with Crippen LogP contribution in [0.4, 0.5) is 5.13 Å². The lowest BCUT2D eigenvalue weighted by atomic mass is 10.2. The molecule has 0 spiro atoms.